The first-order chi connectivity index (χ1) is 8.66. The third-order valence-corrected chi connectivity index (χ3v) is 3.92. The first-order valence-electron chi connectivity index (χ1n) is 5.95. The van der Waals surface area contributed by atoms with Crippen LogP contribution in [0, 0.1) is 0 Å². The van der Waals surface area contributed by atoms with Crippen molar-refractivity contribution in [1.82, 2.24) is 5.32 Å². The van der Waals surface area contributed by atoms with E-state index in [1.807, 2.05) is 0 Å². The smallest absolute Gasteiger partial charge is 0.252 e. The monoisotopic (exact) mass is 351 g/mol. The Morgan fingerprint density at radius 2 is 1.89 bits per heavy atom. The van der Waals surface area contributed by atoms with E-state index in [9.17, 15) is 4.79 Å². The van der Waals surface area contributed by atoms with Crippen molar-refractivity contribution >= 4 is 45.0 Å². The first-order valence-corrected chi connectivity index (χ1v) is 7.82. The minimum absolute atomic E-state index is 0.164. The standard InChI is InChI=1S/C13H16BrCl2NO/c14-8-3-1-2-4-9-17-13(18)10-6-5-7-11(15)12(10)16/h5-7H,1-4,8-9H2,(H,17,18). The summed E-state index contributed by atoms with van der Waals surface area (Å²) in [5.74, 6) is -0.164. The SMILES string of the molecule is O=C(NCCCCCCBr)c1cccc(Cl)c1Cl. The molecule has 0 heterocycles. The topological polar surface area (TPSA) is 29.1 Å². The maximum absolute atomic E-state index is 11.8. The number of unbranched alkanes of at least 4 members (excludes halogenated alkanes) is 3. The van der Waals surface area contributed by atoms with Crippen LogP contribution in [0.15, 0.2) is 18.2 Å². The van der Waals surface area contributed by atoms with E-state index in [1.165, 1.54) is 12.8 Å². The van der Waals surface area contributed by atoms with Gasteiger partial charge >= 0.3 is 0 Å². The van der Waals surface area contributed by atoms with E-state index in [0.29, 0.717) is 22.2 Å². The molecule has 0 saturated carbocycles. The van der Waals surface area contributed by atoms with Gasteiger partial charge in [0.15, 0.2) is 0 Å². The minimum atomic E-state index is -0.164. The first kappa shape index (κ1) is 15.8. The van der Waals surface area contributed by atoms with E-state index in [2.05, 4.69) is 21.2 Å². The van der Waals surface area contributed by atoms with Gasteiger partial charge in [0.2, 0.25) is 0 Å². The highest BCUT2D eigenvalue weighted by molar-refractivity contribution is 9.09. The second-order valence-corrected chi connectivity index (χ2v) is 5.54. The Hall–Kier alpha value is -0.250. The molecular formula is C13H16BrCl2NO. The van der Waals surface area contributed by atoms with Crippen LogP contribution in [0.2, 0.25) is 10.0 Å². The molecule has 100 valence electrons. The maximum Gasteiger partial charge on any atom is 0.252 e. The van der Waals surface area contributed by atoms with Crippen molar-refractivity contribution in [3.63, 3.8) is 0 Å². The van der Waals surface area contributed by atoms with E-state index in [4.69, 9.17) is 23.2 Å². The number of carbonyl (C=O) groups is 1. The summed E-state index contributed by atoms with van der Waals surface area (Å²) in [6.45, 7) is 0.671. The minimum Gasteiger partial charge on any atom is -0.352 e. The summed E-state index contributed by atoms with van der Waals surface area (Å²) >= 11 is 15.2. The zero-order chi connectivity index (χ0) is 13.4. The number of rotatable bonds is 7. The number of alkyl halides is 1. The molecular weight excluding hydrogens is 337 g/mol. The van der Waals surface area contributed by atoms with Gasteiger partial charge in [0, 0.05) is 11.9 Å². The summed E-state index contributed by atoms with van der Waals surface area (Å²) in [4.78, 5) is 11.8. The van der Waals surface area contributed by atoms with Gasteiger partial charge in [-0.25, -0.2) is 0 Å². The van der Waals surface area contributed by atoms with Gasteiger partial charge in [-0.15, -0.1) is 0 Å². The summed E-state index contributed by atoms with van der Waals surface area (Å²) in [5.41, 5.74) is 0.435. The highest BCUT2D eigenvalue weighted by Crippen LogP contribution is 2.25. The van der Waals surface area contributed by atoms with E-state index >= 15 is 0 Å². The van der Waals surface area contributed by atoms with Crippen molar-refractivity contribution in [2.45, 2.75) is 25.7 Å². The molecule has 0 bridgehead atoms. The molecule has 0 spiro atoms. The number of hydrogen-bond donors (Lipinski definition) is 1. The summed E-state index contributed by atoms with van der Waals surface area (Å²) in [5, 5.41) is 4.61. The molecule has 18 heavy (non-hydrogen) atoms. The molecule has 0 fully saturated rings. The highest BCUT2D eigenvalue weighted by Gasteiger charge is 2.11. The Bertz CT molecular complexity index is 399. The fourth-order valence-electron chi connectivity index (χ4n) is 1.55. The van der Waals surface area contributed by atoms with E-state index in [1.54, 1.807) is 18.2 Å². The van der Waals surface area contributed by atoms with Crippen LogP contribution in [0.25, 0.3) is 0 Å². The van der Waals surface area contributed by atoms with Crippen LogP contribution in [0.3, 0.4) is 0 Å². The van der Waals surface area contributed by atoms with Gasteiger partial charge in [0.25, 0.3) is 5.91 Å². The van der Waals surface area contributed by atoms with Crippen LogP contribution in [-0.4, -0.2) is 17.8 Å². The fourth-order valence-corrected chi connectivity index (χ4v) is 2.33. The second kappa shape index (κ2) is 8.78. The Labute approximate surface area is 126 Å². The van der Waals surface area contributed by atoms with Gasteiger partial charge in [-0.2, -0.15) is 0 Å². The summed E-state index contributed by atoms with van der Waals surface area (Å²) in [6, 6.07) is 5.06. The molecule has 0 saturated heterocycles. The zero-order valence-corrected chi connectivity index (χ0v) is 13.1. The number of amides is 1. The molecule has 0 aliphatic heterocycles. The number of nitrogens with one attached hydrogen (secondary N) is 1. The van der Waals surface area contributed by atoms with E-state index < -0.39 is 0 Å². The molecule has 0 aliphatic carbocycles. The molecule has 5 heteroatoms. The van der Waals surface area contributed by atoms with Gasteiger partial charge < -0.3 is 5.32 Å². The average molecular weight is 353 g/mol. The van der Waals surface area contributed by atoms with Crippen LogP contribution in [-0.2, 0) is 0 Å². The van der Waals surface area contributed by atoms with Crippen molar-refractivity contribution in [2.75, 3.05) is 11.9 Å². The molecule has 0 aliphatic rings. The molecule has 2 nitrogen and oxygen atoms in total. The van der Waals surface area contributed by atoms with Crippen molar-refractivity contribution in [1.29, 1.82) is 0 Å². The maximum atomic E-state index is 11.8. The van der Waals surface area contributed by atoms with Crippen LogP contribution < -0.4 is 5.32 Å². The largest absolute Gasteiger partial charge is 0.352 e. The lowest BCUT2D eigenvalue weighted by Crippen LogP contribution is -2.24. The number of benzene rings is 1. The Kier molecular flexibility index (Phi) is 7.71. The predicted octanol–water partition coefficient (Wildman–Crippen LogP) is 4.68. The molecule has 1 amide bonds. The normalized spacial score (nSPS) is 10.4. The number of carbonyl (C=O) groups excluding carboxylic acids is 1. The molecule has 0 unspecified atom stereocenters. The Balaban J connectivity index is 2.35. The van der Waals surface area contributed by atoms with Gasteiger partial charge in [0.05, 0.1) is 15.6 Å². The van der Waals surface area contributed by atoms with Gasteiger partial charge in [-0.05, 0) is 25.0 Å². The zero-order valence-electron chi connectivity index (χ0n) is 10.0. The van der Waals surface area contributed by atoms with Crippen LogP contribution in [0.1, 0.15) is 36.0 Å². The molecule has 0 atom stereocenters. The van der Waals surface area contributed by atoms with Crippen molar-refractivity contribution in [2.24, 2.45) is 0 Å². The molecule has 0 radical (unpaired) electrons. The molecule has 1 aromatic rings. The number of hydrogen-bond acceptors (Lipinski definition) is 1. The van der Waals surface area contributed by atoms with Crippen molar-refractivity contribution < 1.29 is 4.79 Å². The summed E-state index contributed by atoms with van der Waals surface area (Å²) < 4.78 is 0. The quantitative estimate of drug-likeness (QED) is 0.560. The van der Waals surface area contributed by atoms with Crippen LogP contribution in [0.5, 0.6) is 0 Å². The predicted molar refractivity (Wildman–Crippen MR) is 81.1 cm³/mol. The van der Waals surface area contributed by atoms with Gasteiger partial charge in [-0.3, -0.25) is 4.79 Å². The highest BCUT2D eigenvalue weighted by atomic mass is 79.9. The second-order valence-electron chi connectivity index (χ2n) is 3.96. The Morgan fingerprint density at radius 3 is 2.61 bits per heavy atom. The average Bonchev–Trinajstić information content (AvgIpc) is 2.36. The molecule has 1 aromatic carbocycles. The Morgan fingerprint density at radius 1 is 1.17 bits per heavy atom. The van der Waals surface area contributed by atoms with Crippen molar-refractivity contribution in [3.8, 4) is 0 Å². The van der Waals surface area contributed by atoms with E-state index in [-0.39, 0.29) is 5.91 Å². The van der Waals surface area contributed by atoms with E-state index in [0.717, 1.165) is 18.2 Å². The molecule has 1 N–H and O–H groups in total. The molecule has 0 aromatic heterocycles. The third-order valence-electron chi connectivity index (χ3n) is 2.54. The summed E-state index contributed by atoms with van der Waals surface area (Å²) in [6.07, 6.45) is 4.46. The molecule has 1 rings (SSSR count). The lowest BCUT2D eigenvalue weighted by Gasteiger charge is -2.07. The van der Waals surface area contributed by atoms with Crippen molar-refractivity contribution in [3.05, 3.63) is 33.8 Å². The third kappa shape index (κ3) is 5.17. The fraction of sp³-hybridized carbons (Fsp3) is 0.462. The number of halogens is 3. The van der Waals surface area contributed by atoms with Crippen LogP contribution in [0.4, 0.5) is 0 Å². The summed E-state index contributed by atoms with van der Waals surface area (Å²) in [7, 11) is 0. The van der Waals surface area contributed by atoms with Gasteiger partial charge in [-0.1, -0.05) is 58.0 Å². The van der Waals surface area contributed by atoms with Gasteiger partial charge in [0.1, 0.15) is 0 Å². The lowest BCUT2D eigenvalue weighted by molar-refractivity contribution is 0.0953. The van der Waals surface area contributed by atoms with Crippen LogP contribution >= 0.6 is 39.1 Å². The lowest BCUT2D eigenvalue weighted by atomic mass is 10.2.